The molecule has 0 aromatic rings. The summed E-state index contributed by atoms with van der Waals surface area (Å²) in [4.78, 5) is 10.7. The van der Waals surface area contributed by atoms with Crippen LogP contribution < -0.4 is 5.32 Å². The number of hydrogen-bond donors (Lipinski definition) is 1. The van der Waals surface area contributed by atoms with E-state index in [2.05, 4.69) is 10.1 Å². The first kappa shape index (κ1) is 14.9. The van der Waals surface area contributed by atoms with E-state index in [1.807, 2.05) is 27.7 Å². The van der Waals surface area contributed by atoms with Crippen molar-refractivity contribution < 1.29 is 9.53 Å². The minimum atomic E-state index is 0.000000000000000222. The molecule has 0 radical (unpaired) electrons. The zero-order valence-electron chi connectivity index (χ0n) is 9.52. The lowest BCUT2D eigenvalue weighted by Gasteiger charge is -1.99. The first-order valence-electron chi connectivity index (χ1n) is 5.11. The fourth-order valence-corrected chi connectivity index (χ4v) is 0.628. The molecule has 0 unspecified atom stereocenters. The van der Waals surface area contributed by atoms with E-state index < -0.39 is 0 Å². The molecule has 1 aliphatic carbocycles. The molecule has 80 valence electrons. The maximum absolute atomic E-state index is 10.7. The number of nitrogens with one attached hydrogen (secondary N) is 1. The van der Waals surface area contributed by atoms with Crippen molar-refractivity contribution in [2.45, 2.75) is 46.6 Å². The highest BCUT2D eigenvalue weighted by molar-refractivity contribution is 5.77. The number of carbonyl (C=O) groups excluding carboxylic acids is 1. The van der Waals surface area contributed by atoms with Crippen LogP contribution in [0.1, 0.15) is 40.5 Å². The van der Waals surface area contributed by atoms with Gasteiger partial charge in [-0.15, -0.1) is 0 Å². The molecule has 1 N–H and O–H groups in total. The maximum atomic E-state index is 10.7. The van der Waals surface area contributed by atoms with Crippen LogP contribution in [0.2, 0.25) is 0 Å². The fraction of sp³-hybridized carbons (Fsp3) is 0.900. The molecule has 1 amide bonds. The number of hydrogen-bond acceptors (Lipinski definition) is 2. The summed E-state index contributed by atoms with van der Waals surface area (Å²) in [5, 5.41) is 2.79. The van der Waals surface area contributed by atoms with Gasteiger partial charge in [0.05, 0.1) is 0 Å². The van der Waals surface area contributed by atoms with Gasteiger partial charge in [0, 0.05) is 13.2 Å². The minimum Gasteiger partial charge on any atom is -0.375 e. The predicted octanol–water partition coefficient (Wildman–Crippen LogP) is 1.96. The number of rotatable bonds is 3. The van der Waals surface area contributed by atoms with E-state index in [0.29, 0.717) is 6.04 Å². The van der Waals surface area contributed by atoms with E-state index in [1.54, 1.807) is 0 Å². The Morgan fingerprint density at radius 2 is 1.77 bits per heavy atom. The molecule has 0 aliphatic heterocycles. The lowest BCUT2D eigenvalue weighted by atomic mass is 10.6. The van der Waals surface area contributed by atoms with Crippen molar-refractivity contribution >= 4 is 5.91 Å². The summed E-state index contributed by atoms with van der Waals surface area (Å²) in [6, 6.07) is 0.452. The molecule has 0 aromatic carbocycles. The van der Waals surface area contributed by atoms with E-state index >= 15 is 0 Å². The van der Waals surface area contributed by atoms with Crippen LogP contribution in [0.25, 0.3) is 0 Å². The highest BCUT2D eigenvalue weighted by Crippen LogP contribution is 2.18. The maximum Gasteiger partial charge on any atom is 0.246 e. The third-order valence-electron chi connectivity index (χ3n) is 1.22. The van der Waals surface area contributed by atoms with E-state index in [0.717, 1.165) is 12.8 Å². The van der Waals surface area contributed by atoms with Gasteiger partial charge in [-0.3, -0.25) is 4.79 Å². The number of ether oxygens (including phenoxy) is 1. The van der Waals surface area contributed by atoms with Crippen LogP contribution in [0.15, 0.2) is 0 Å². The van der Waals surface area contributed by atoms with Gasteiger partial charge in [0.2, 0.25) is 5.91 Å². The molecule has 3 heteroatoms. The van der Waals surface area contributed by atoms with Crippen molar-refractivity contribution in [1.29, 1.82) is 0 Å². The van der Waals surface area contributed by atoms with Gasteiger partial charge in [0.1, 0.15) is 6.61 Å². The average molecular weight is 189 g/mol. The summed E-state index contributed by atoms with van der Waals surface area (Å²) in [6.07, 6.45) is 2.27. The van der Waals surface area contributed by atoms with Crippen LogP contribution in [-0.4, -0.2) is 25.7 Å². The Hall–Kier alpha value is -0.570. The van der Waals surface area contributed by atoms with Crippen molar-refractivity contribution in [3.05, 3.63) is 0 Å². The molecular formula is C10H23NO2. The van der Waals surface area contributed by atoms with Crippen LogP contribution in [0.3, 0.4) is 0 Å². The third-order valence-corrected chi connectivity index (χ3v) is 1.22. The summed E-state index contributed by atoms with van der Waals surface area (Å²) < 4.78 is 4.62. The van der Waals surface area contributed by atoms with Crippen LogP contribution in [-0.2, 0) is 9.53 Å². The quantitative estimate of drug-likeness (QED) is 0.737. The standard InChI is InChI=1S/C6H11NO2.2C2H6/c1-9-4-6(8)7-5-2-3-5;2*1-2/h5H,2-4H2,1H3,(H,7,8);2*1-2H3. The van der Waals surface area contributed by atoms with Gasteiger partial charge in [0.25, 0.3) is 0 Å². The Bertz CT molecular complexity index is 111. The topological polar surface area (TPSA) is 38.3 Å². The molecule has 0 saturated heterocycles. The molecular weight excluding hydrogens is 166 g/mol. The van der Waals surface area contributed by atoms with Gasteiger partial charge in [-0.05, 0) is 12.8 Å². The van der Waals surface area contributed by atoms with Gasteiger partial charge < -0.3 is 10.1 Å². The Labute approximate surface area is 81.9 Å². The zero-order chi connectivity index (χ0) is 10.7. The number of amides is 1. The van der Waals surface area contributed by atoms with Gasteiger partial charge in [-0.2, -0.15) is 0 Å². The summed E-state index contributed by atoms with van der Waals surface area (Å²) in [6.45, 7) is 8.19. The summed E-state index contributed by atoms with van der Waals surface area (Å²) in [5.41, 5.74) is 0. The van der Waals surface area contributed by atoms with E-state index in [9.17, 15) is 4.79 Å². The van der Waals surface area contributed by atoms with Crippen LogP contribution in [0, 0.1) is 0 Å². The lowest BCUT2D eigenvalue weighted by Crippen LogP contribution is -2.28. The highest BCUT2D eigenvalue weighted by atomic mass is 16.5. The second-order valence-corrected chi connectivity index (χ2v) is 2.27. The fourth-order valence-electron chi connectivity index (χ4n) is 0.628. The zero-order valence-corrected chi connectivity index (χ0v) is 9.52. The second kappa shape index (κ2) is 11.4. The molecule has 1 fully saturated rings. The van der Waals surface area contributed by atoms with Gasteiger partial charge in [-0.25, -0.2) is 0 Å². The van der Waals surface area contributed by atoms with Crippen LogP contribution in [0.4, 0.5) is 0 Å². The molecule has 1 rings (SSSR count). The SMILES string of the molecule is CC.CC.COCC(=O)NC1CC1. The third kappa shape index (κ3) is 11.4. The molecule has 1 aliphatic rings. The molecule has 0 heterocycles. The van der Waals surface area contributed by atoms with Crippen molar-refractivity contribution in [3.8, 4) is 0 Å². The van der Waals surface area contributed by atoms with Crippen molar-refractivity contribution in [2.24, 2.45) is 0 Å². The molecule has 0 bridgehead atoms. The van der Waals surface area contributed by atoms with Crippen molar-refractivity contribution in [2.75, 3.05) is 13.7 Å². The Kier molecular flexibility index (Phi) is 13.1. The molecule has 0 aromatic heterocycles. The smallest absolute Gasteiger partial charge is 0.246 e. The van der Waals surface area contributed by atoms with Crippen molar-refractivity contribution in [3.63, 3.8) is 0 Å². The summed E-state index contributed by atoms with van der Waals surface area (Å²) in [7, 11) is 1.52. The average Bonchev–Trinajstić information content (AvgIpc) is 2.96. The highest BCUT2D eigenvalue weighted by Gasteiger charge is 2.22. The van der Waals surface area contributed by atoms with Crippen molar-refractivity contribution in [1.82, 2.24) is 5.32 Å². The predicted molar refractivity (Wildman–Crippen MR) is 55.7 cm³/mol. The molecule has 13 heavy (non-hydrogen) atoms. The number of methoxy groups -OCH3 is 1. The normalized spacial score (nSPS) is 13.0. The number of carbonyl (C=O) groups is 1. The van der Waals surface area contributed by atoms with Gasteiger partial charge in [-0.1, -0.05) is 27.7 Å². The molecule has 3 nitrogen and oxygen atoms in total. The molecule has 1 saturated carbocycles. The van der Waals surface area contributed by atoms with Gasteiger partial charge in [0.15, 0.2) is 0 Å². The van der Waals surface area contributed by atoms with Crippen LogP contribution in [0.5, 0.6) is 0 Å². The Morgan fingerprint density at radius 3 is 2.08 bits per heavy atom. The first-order valence-corrected chi connectivity index (χ1v) is 5.11. The first-order chi connectivity index (χ1) is 6.33. The molecule has 0 spiro atoms. The summed E-state index contributed by atoms with van der Waals surface area (Å²) >= 11 is 0. The summed E-state index contributed by atoms with van der Waals surface area (Å²) in [5.74, 6) is 0.000000000000000222. The molecule has 0 atom stereocenters. The second-order valence-electron chi connectivity index (χ2n) is 2.27. The van der Waals surface area contributed by atoms with E-state index in [4.69, 9.17) is 0 Å². The Morgan fingerprint density at radius 1 is 1.31 bits per heavy atom. The Balaban J connectivity index is 0. The van der Waals surface area contributed by atoms with E-state index in [-0.39, 0.29) is 12.5 Å². The van der Waals surface area contributed by atoms with Crippen LogP contribution >= 0.6 is 0 Å². The largest absolute Gasteiger partial charge is 0.375 e. The minimum absolute atomic E-state index is 0.000000000000000222. The monoisotopic (exact) mass is 189 g/mol. The van der Waals surface area contributed by atoms with Gasteiger partial charge >= 0.3 is 0 Å². The lowest BCUT2D eigenvalue weighted by molar-refractivity contribution is -0.124. The van der Waals surface area contributed by atoms with E-state index in [1.165, 1.54) is 7.11 Å².